The molecule has 0 aliphatic rings. The van der Waals surface area contributed by atoms with E-state index in [1.54, 1.807) is 56.6 Å². The molecule has 0 spiro atoms. The summed E-state index contributed by atoms with van der Waals surface area (Å²) in [6.45, 7) is 7.23. The zero-order valence-electron chi connectivity index (χ0n) is 21.2. The first kappa shape index (κ1) is 28.6. The number of nitrogens with one attached hydrogen (secondary N) is 3. The van der Waals surface area contributed by atoms with Crippen LogP contribution in [0.5, 0.6) is 0 Å². The number of amides is 3. The first-order valence-corrected chi connectivity index (χ1v) is 12.0. The quantitative estimate of drug-likeness (QED) is 0.114. The van der Waals surface area contributed by atoms with Gasteiger partial charge in [0.15, 0.2) is 5.76 Å². The summed E-state index contributed by atoms with van der Waals surface area (Å²) in [5, 5.41) is 13.9. The fourth-order valence-corrected chi connectivity index (χ4v) is 3.43. The summed E-state index contributed by atoms with van der Waals surface area (Å²) < 4.78 is 11.0. The molecule has 196 valence electrons. The standard InChI is InChI=1S/C26H35N3O7/c1-5-6-7-9-18(15-22(30)29-34)23(31)27-16-28-24(32)21-13-12-20(35-21)17-10-8-11-19(14-17)25(33)36-26(2,3)4/h8,10-14,18,34H,5-7,9,15-16H2,1-4H3,(H,27,31)(H,28,32)(H,29,30)/t18-/m1/s1. The predicted octanol–water partition coefficient (Wildman–Crippen LogP) is 3.80. The number of esters is 1. The number of carbonyl (C=O) groups is 4. The van der Waals surface area contributed by atoms with Crippen LogP contribution in [0.15, 0.2) is 40.8 Å². The zero-order chi connectivity index (χ0) is 26.7. The second-order valence-electron chi connectivity index (χ2n) is 9.40. The van der Waals surface area contributed by atoms with E-state index in [9.17, 15) is 19.2 Å². The minimum atomic E-state index is -0.644. The third-order valence-electron chi connectivity index (χ3n) is 5.21. The van der Waals surface area contributed by atoms with Crippen molar-refractivity contribution >= 4 is 23.7 Å². The van der Waals surface area contributed by atoms with Gasteiger partial charge < -0.3 is 19.8 Å². The van der Waals surface area contributed by atoms with Gasteiger partial charge >= 0.3 is 5.97 Å². The number of hydroxylamine groups is 1. The van der Waals surface area contributed by atoms with Crippen molar-refractivity contribution in [3.63, 3.8) is 0 Å². The maximum absolute atomic E-state index is 12.5. The smallest absolute Gasteiger partial charge is 0.338 e. The van der Waals surface area contributed by atoms with E-state index in [-0.39, 0.29) is 18.8 Å². The van der Waals surface area contributed by atoms with Crippen LogP contribution in [0.3, 0.4) is 0 Å². The van der Waals surface area contributed by atoms with Crippen LogP contribution in [-0.2, 0) is 14.3 Å². The van der Waals surface area contributed by atoms with Crippen LogP contribution in [0.25, 0.3) is 11.3 Å². The maximum atomic E-state index is 12.5. The molecule has 3 amide bonds. The number of ether oxygens (including phenoxy) is 1. The van der Waals surface area contributed by atoms with Gasteiger partial charge in [0.2, 0.25) is 11.8 Å². The Morgan fingerprint density at radius 2 is 1.81 bits per heavy atom. The summed E-state index contributed by atoms with van der Waals surface area (Å²) >= 11 is 0. The summed E-state index contributed by atoms with van der Waals surface area (Å²) in [4.78, 5) is 48.8. The number of rotatable bonds is 12. The zero-order valence-corrected chi connectivity index (χ0v) is 21.2. The van der Waals surface area contributed by atoms with E-state index in [0.717, 1.165) is 19.3 Å². The second kappa shape index (κ2) is 13.4. The van der Waals surface area contributed by atoms with Crippen LogP contribution < -0.4 is 16.1 Å². The lowest BCUT2D eigenvalue weighted by molar-refractivity contribution is -0.135. The molecule has 0 radical (unpaired) electrons. The summed E-state index contributed by atoms with van der Waals surface area (Å²) in [6, 6.07) is 9.80. The summed E-state index contributed by atoms with van der Waals surface area (Å²) in [5.41, 5.74) is 1.88. The molecule has 10 nitrogen and oxygen atoms in total. The summed E-state index contributed by atoms with van der Waals surface area (Å²) in [6.07, 6.45) is 2.99. The molecule has 2 rings (SSSR count). The van der Waals surface area contributed by atoms with E-state index in [1.165, 1.54) is 6.07 Å². The average molecular weight is 502 g/mol. The molecular formula is C26H35N3O7. The van der Waals surface area contributed by atoms with E-state index in [0.29, 0.717) is 23.3 Å². The number of hydrogen-bond acceptors (Lipinski definition) is 7. The molecule has 0 aliphatic carbocycles. The van der Waals surface area contributed by atoms with Gasteiger partial charge in [-0.25, -0.2) is 10.3 Å². The van der Waals surface area contributed by atoms with Crippen LogP contribution in [0.4, 0.5) is 0 Å². The number of unbranched alkanes of at least 4 members (excludes halogenated alkanes) is 2. The normalized spacial score (nSPS) is 11.9. The maximum Gasteiger partial charge on any atom is 0.338 e. The Morgan fingerprint density at radius 1 is 1.06 bits per heavy atom. The first-order chi connectivity index (χ1) is 17.0. The lowest BCUT2D eigenvalue weighted by Gasteiger charge is -2.19. The Bertz CT molecular complexity index is 1060. The molecule has 0 saturated carbocycles. The van der Waals surface area contributed by atoms with Gasteiger partial charge in [-0.1, -0.05) is 38.3 Å². The SMILES string of the molecule is CCCCC[C@H](CC(=O)NO)C(=O)NCNC(=O)c1ccc(-c2cccc(C(=O)OC(C)(C)C)c2)o1. The van der Waals surface area contributed by atoms with Crippen LogP contribution >= 0.6 is 0 Å². The Labute approximate surface area is 210 Å². The van der Waals surface area contributed by atoms with E-state index in [1.807, 2.05) is 6.92 Å². The Hall–Kier alpha value is -3.66. The van der Waals surface area contributed by atoms with E-state index in [4.69, 9.17) is 14.4 Å². The minimum absolute atomic E-state index is 0.0288. The van der Waals surface area contributed by atoms with Crippen LogP contribution in [0, 0.1) is 5.92 Å². The van der Waals surface area contributed by atoms with E-state index < -0.39 is 35.2 Å². The fraction of sp³-hybridized carbons (Fsp3) is 0.462. The van der Waals surface area contributed by atoms with Crippen molar-refractivity contribution in [3.8, 4) is 11.3 Å². The molecule has 10 heteroatoms. The molecule has 1 aromatic heterocycles. The molecule has 0 bridgehead atoms. The number of furan rings is 1. The second-order valence-corrected chi connectivity index (χ2v) is 9.40. The third-order valence-corrected chi connectivity index (χ3v) is 5.21. The van der Waals surface area contributed by atoms with Gasteiger partial charge in [0, 0.05) is 17.9 Å². The van der Waals surface area contributed by atoms with Crippen molar-refractivity contribution in [2.45, 2.75) is 65.4 Å². The first-order valence-electron chi connectivity index (χ1n) is 12.0. The average Bonchev–Trinajstić information content (AvgIpc) is 3.33. The van der Waals surface area contributed by atoms with Crippen molar-refractivity contribution < 1.29 is 33.5 Å². The van der Waals surface area contributed by atoms with Crippen LogP contribution in [0.2, 0.25) is 0 Å². The molecule has 4 N–H and O–H groups in total. The van der Waals surface area contributed by atoms with E-state index in [2.05, 4.69) is 10.6 Å². The van der Waals surface area contributed by atoms with Crippen molar-refractivity contribution in [1.82, 2.24) is 16.1 Å². The Kier molecular flexibility index (Phi) is 10.7. The van der Waals surface area contributed by atoms with Crippen molar-refractivity contribution in [3.05, 3.63) is 47.7 Å². The van der Waals surface area contributed by atoms with Gasteiger partial charge in [0.05, 0.1) is 12.2 Å². The summed E-state index contributed by atoms with van der Waals surface area (Å²) in [7, 11) is 0. The minimum Gasteiger partial charge on any atom is -0.456 e. The number of benzene rings is 1. The highest BCUT2D eigenvalue weighted by molar-refractivity contribution is 5.93. The van der Waals surface area contributed by atoms with Crippen LogP contribution in [0.1, 0.15) is 80.7 Å². The molecule has 0 aliphatic heterocycles. The molecule has 0 saturated heterocycles. The predicted molar refractivity (Wildman–Crippen MR) is 132 cm³/mol. The fourth-order valence-electron chi connectivity index (χ4n) is 3.43. The molecule has 1 atom stereocenters. The topological polar surface area (TPSA) is 147 Å². The van der Waals surface area contributed by atoms with Crippen molar-refractivity contribution in [1.29, 1.82) is 0 Å². The Balaban J connectivity index is 1.95. The van der Waals surface area contributed by atoms with E-state index >= 15 is 0 Å². The van der Waals surface area contributed by atoms with Gasteiger partial charge in [-0.2, -0.15) is 0 Å². The van der Waals surface area contributed by atoms with Gasteiger partial charge in [-0.05, 0) is 51.5 Å². The van der Waals surface area contributed by atoms with Crippen molar-refractivity contribution in [2.75, 3.05) is 6.67 Å². The van der Waals surface area contributed by atoms with Gasteiger partial charge in [-0.15, -0.1) is 0 Å². The summed E-state index contributed by atoms with van der Waals surface area (Å²) in [5.74, 6) is -2.24. The third kappa shape index (κ3) is 9.18. The number of carbonyl (C=O) groups excluding carboxylic acids is 4. The van der Waals surface area contributed by atoms with Crippen LogP contribution in [-0.4, -0.2) is 41.2 Å². The highest BCUT2D eigenvalue weighted by Gasteiger charge is 2.22. The molecule has 1 aromatic carbocycles. The van der Waals surface area contributed by atoms with Gasteiger partial charge in [0.1, 0.15) is 11.4 Å². The monoisotopic (exact) mass is 501 g/mol. The molecule has 36 heavy (non-hydrogen) atoms. The molecule has 1 heterocycles. The largest absolute Gasteiger partial charge is 0.456 e. The number of hydrogen-bond donors (Lipinski definition) is 4. The molecular weight excluding hydrogens is 466 g/mol. The van der Waals surface area contributed by atoms with Gasteiger partial charge in [-0.3, -0.25) is 19.6 Å². The lowest BCUT2D eigenvalue weighted by Crippen LogP contribution is -2.41. The highest BCUT2D eigenvalue weighted by atomic mass is 16.6. The van der Waals surface area contributed by atoms with Crippen molar-refractivity contribution in [2.24, 2.45) is 5.92 Å². The lowest BCUT2D eigenvalue weighted by atomic mass is 9.96. The molecule has 0 fully saturated rings. The molecule has 0 unspecified atom stereocenters. The highest BCUT2D eigenvalue weighted by Crippen LogP contribution is 2.24. The van der Waals surface area contributed by atoms with Gasteiger partial charge in [0.25, 0.3) is 5.91 Å². The Morgan fingerprint density at radius 3 is 2.47 bits per heavy atom. The molecule has 2 aromatic rings.